The summed E-state index contributed by atoms with van der Waals surface area (Å²) in [7, 11) is 0. The van der Waals surface area contributed by atoms with Crippen LogP contribution in [-0.4, -0.2) is 99.3 Å². The van der Waals surface area contributed by atoms with E-state index in [1.165, 1.54) is 11.8 Å². The van der Waals surface area contributed by atoms with Crippen LogP contribution in [0.2, 0.25) is 0 Å². The normalized spacial score (nSPS) is 23.7. The van der Waals surface area contributed by atoms with E-state index in [1.54, 1.807) is 42.6 Å². The summed E-state index contributed by atoms with van der Waals surface area (Å²) in [4.78, 5) is 91.1. The molecule has 0 bridgehead atoms. The first kappa shape index (κ1) is 42.3. The van der Waals surface area contributed by atoms with Crippen LogP contribution < -0.4 is 26.6 Å². The van der Waals surface area contributed by atoms with Crippen molar-refractivity contribution in [2.75, 3.05) is 6.54 Å². The van der Waals surface area contributed by atoms with Gasteiger partial charge in [-0.1, -0.05) is 109 Å². The van der Waals surface area contributed by atoms with Gasteiger partial charge in [0.1, 0.15) is 36.3 Å². The van der Waals surface area contributed by atoms with Crippen molar-refractivity contribution in [2.24, 2.45) is 0 Å². The molecule has 7 rings (SSSR count). The monoisotopic (exact) mass is 825 g/mol. The Morgan fingerprint density at radius 3 is 1.57 bits per heavy atom. The minimum atomic E-state index is -1.54. The molecule has 0 saturated carbocycles. The number of aliphatic hydroxyl groups is 1. The number of benzene rings is 4. The van der Waals surface area contributed by atoms with E-state index >= 15 is 0 Å². The molecule has 2 fully saturated rings. The molecule has 2 aliphatic rings. The topological polar surface area (TPSA) is 202 Å². The SMILES string of the molecule is C[C@H](O)[C@@H]1NC(=O)[C@H](Cc2ccccc2)NC(=O)[C@@H](Cc2c[nH]c3ccccc23)NC(=O)[C@@H](Cc2ccccc2)NC(=O)[C@@H]2CCCN2C(=O)[C@H](Cc2ccccc2)NC1=O. The van der Waals surface area contributed by atoms with Crippen molar-refractivity contribution in [3.63, 3.8) is 0 Å². The van der Waals surface area contributed by atoms with Gasteiger partial charge < -0.3 is 41.6 Å². The van der Waals surface area contributed by atoms with E-state index in [0.717, 1.165) is 27.6 Å². The van der Waals surface area contributed by atoms with Crippen LogP contribution in [0.4, 0.5) is 0 Å². The van der Waals surface area contributed by atoms with Crippen molar-refractivity contribution in [3.05, 3.63) is 144 Å². The Hall–Kier alpha value is -6.80. The number of amides is 6. The molecule has 14 nitrogen and oxygen atoms in total. The summed E-state index contributed by atoms with van der Waals surface area (Å²) in [5.74, 6) is -3.99. The molecule has 0 spiro atoms. The molecule has 2 aliphatic heterocycles. The van der Waals surface area contributed by atoms with Crippen LogP contribution in [0.5, 0.6) is 0 Å². The Labute approximate surface area is 353 Å². The van der Waals surface area contributed by atoms with Gasteiger partial charge in [0.2, 0.25) is 35.4 Å². The molecule has 4 aromatic carbocycles. The second-order valence-corrected chi connectivity index (χ2v) is 15.8. The first-order valence-corrected chi connectivity index (χ1v) is 20.7. The van der Waals surface area contributed by atoms with Crippen molar-refractivity contribution in [1.82, 2.24) is 36.5 Å². The fourth-order valence-corrected chi connectivity index (χ4v) is 8.13. The number of carbonyl (C=O) groups excluding carboxylic acids is 6. The zero-order valence-corrected chi connectivity index (χ0v) is 33.9. The number of aromatic nitrogens is 1. The van der Waals surface area contributed by atoms with Crippen molar-refractivity contribution in [1.29, 1.82) is 0 Å². The molecule has 3 heterocycles. The summed E-state index contributed by atoms with van der Waals surface area (Å²) >= 11 is 0. The third-order valence-electron chi connectivity index (χ3n) is 11.4. The lowest BCUT2D eigenvalue weighted by Gasteiger charge is -2.32. The van der Waals surface area contributed by atoms with E-state index in [-0.39, 0.29) is 32.2 Å². The van der Waals surface area contributed by atoms with E-state index in [0.29, 0.717) is 18.4 Å². The number of nitrogens with zero attached hydrogens (tertiary/aromatic N) is 1. The van der Waals surface area contributed by atoms with Crippen molar-refractivity contribution < 1.29 is 33.9 Å². The Bertz CT molecular complexity index is 2340. The van der Waals surface area contributed by atoms with Gasteiger partial charge in [0.05, 0.1) is 6.10 Å². The number of aromatic amines is 1. The minimum absolute atomic E-state index is 0.00152. The summed E-state index contributed by atoms with van der Waals surface area (Å²) in [6.07, 6.45) is 1.29. The highest BCUT2D eigenvalue weighted by atomic mass is 16.3. The van der Waals surface area contributed by atoms with Crippen LogP contribution in [0.15, 0.2) is 121 Å². The van der Waals surface area contributed by atoms with Crippen LogP contribution in [0.3, 0.4) is 0 Å². The summed E-state index contributed by atoms with van der Waals surface area (Å²) in [6.45, 7) is 1.56. The lowest BCUT2D eigenvalue weighted by atomic mass is 9.99. The number of nitrogens with one attached hydrogen (secondary N) is 6. The lowest BCUT2D eigenvalue weighted by molar-refractivity contribution is -0.143. The predicted molar refractivity (Wildman–Crippen MR) is 229 cm³/mol. The largest absolute Gasteiger partial charge is 0.391 e. The molecular formula is C47H51N7O7. The molecule has 7 N–H and O–H groups in total. The number of para-hydroxylation sites is 1. The van der Waals surface area contributed by atoms with Crippen molar-refractivity contribution >= 4 is 46.3 Å². The van der Waals surface area contributed by atoms with Crippen LogP contribution in [0, 0.1) is 0 Å². The summed E-state index contributed by atoms with van der Waals surface area (Å²) in [6, 6.07) is 27.3. The smallest absolute Gasteiger partial charge is 0.246 e. The van der Waals surface area contributed by atoms with Gasteiger partial charge in [-0.2, -0.15) is 0 Å². The average molecular weight is 826 g/mol. The van der Waals surface area contributed by atoms with Crippen LogP contribution >= 0.6 is 0 Å². The maximum absolute atomic E-state index is 14.6. The lowest BCUT2D eigenvalue weighted by Crippen LogP contribution is -2.63. The van der Waals surface area contributed by atoms with Gasteiger partial charge in [-0.25, -0.2) is 0 Å². The Balaban J connectivity index is 1.29. The number of H-pyrrole nitrogens is 1. The molecule has 0 radical (unpaired) electrons. The summed E-state index contributed by atoms with van der Waals surface area (Å²) < 4.78 is 0. The zero-order chi connectivity index (χ0) is 42.9. The second-order valence-electron chi connectivity index (χ2n) is 15.8. The van der Waals surface area contributed by atoms with E-state index in [4.69, 9.17) is 0 Å². The fraction of sp³-hybridized carbons (Fsp3) is 0.319. The van der Waals surface area contributed by atoms with Crippen LogP contribution in [0.25, 0.3) is 10.9 Å². The molecule has 61 heavy (non-hydrogen) atoms. The number of rotatable bonds is 9. The molecule has 0 unspecified atom stereocenters. The average Bonchev–Trinajstić information content (AvgIpc) is 3.93. The van der Waals surface area contributed by atoms with Crippen molar-refractivity contribution in [2.45, 2.75) is 87.8 Å². The van der Waals surface area contributed by atoms with Gasteiger partial charge >= 0.3 is 0 Å². The first-order chi connectivity index (χ1) is 29.5. The van der Waals surface area contributed by atoms with E-state index < -0.39 is 77.8 Å². The molecule has 7 atom stereocenters. The van der Waals surface area contributed by atoms with Gasteiger partial charge in [-0.3, -0.25) is 28.8 Å². The Morgan fingerprint density at radius 2 is 1.02 bits per heavy atom. The van der Waals surface area contributed by atoms with E-state index in [1.807, 2.05) is 78.9 Å². The number of fused-ring (bicyclic) bond motifs is 2. The van der Waals surface area contributed by atoms with Crippen LogP contribution in [-0.2, 0) is 54.5 Å². The quantitative estimate of drug-likeness (QED) is 0.118. The van der Waals surface area contributed by atoms with E-state index in [2.05, 4.69) is 31.6 Å². The molecule has 5 aromatic rings. The summed E-state index contributed by atoms with van der Waals surface area (Å²) in [5, 5.41) is 25.9. The third kappa shape index (κ3) is 10.5. The second kappa shape index (κ2) is 19.5. The fourth-order valence-electron chi connectivity index (χ4n) is 8.13. The zero-order valence-electron chi connectivity index (χ0n) is 33.9. The molecular weight excluding hydrogens is 775 g/mol. The van der Waals surface area contributed by atoms with Gasteiger partial charge in [-0.05, 0) is 48.1 Å². The van der Waals surface area contributed by atoms with Gasteiger partial charge in [-0.15, -0.1) is 0 Å². The standard InChI is InChI=1S/C47H51N7O7/c1-29(55)41-46(60)52-39(26-32-18-9-4-10-19-32)47(61)54-23-13-22-40(54)45(59)51-36(24-30-14-5-2-6-15-30)42(56)50-38(27-33-28-48-35-21-12-11-20-34(33)35)43(57)49-37(44(58)53-41)25-31-16-7-3-8-17-31/h2-12,14-21,28-29,36-41,48,55H,13,22-27H2,1H3,(H,49,57)(H,50,56)(H,51,59)(H,52,60)(H,53,58)/t29-,36+,37-,38+,39-,40-,41-/m0/s1. The third-order valence-corrected chi connectivity index (χ3v) is 11.4. The van der Waals surface area contributed by atoms with Gasteiger partial charge in [0.15, 0.2) is 0 Å². The predicted octanol–water partition coefficient (Wildman–Crippen LogP) is 2.25. The van der Waals surface area contributed by atoms with E-state index in [9.17, 15) is 33.9 Å². The van der Waals surface area contributed by atoms with Gasteiger partial charge in [0, 0.05) is 49.3 Å². The maximum atomic E-state index is 14.6. The number of aliphatic hydroxyl groups excluding tert-OH is 1. The van der Waals surface area contributed by atoms with Gasteiger partial charge in [0.25, 0.3) is 0 Å². The van der Waals surface area contributed by atoms with Crippen LogP contribution in [0.1, 0.15) is 42.0 Å². The molecule has 2 saturated heterocycles. The molecule has 6 amide bonds. The molecule has 316 valence electrons. The highest BCUT2D eigenvalue weighted by molar-refractivity contribution is 5.99. The maximum Gasteiger partial charge on any atom is 0.246 e. The molecule has 14 heteroatoms. The minimum Gasteiger partial charge on any atom is -0.391 e. The number of hydrogen-bond acceptors (Lipinski definition) is 7. The highest BCUT2D eigenvalue weighted by Crippen LogP contribution is 2.22. The molecule has 0 aliphatic carbocycles. The summed E-state index contributed by atoms with van der Waals surface area (Å²) in [5.41, 5.74) is 3.72. The number of carbonyl (C=O) groups is 6. The Kier molecular flexibility index (Phi) is 13.5. The highest BCUT2D eigenvalue weighted by Gasteiger charge is 2.41. The molecule has 1 aromatic heterocycles. The first-order valence-electron chi connectivity index (χ1n) is 20.7. The number of hydrogen-bond donors (Lipinski definition) is 7. The Morgan fingerprint density at radius 1 is 0.557 bits per heavy atom. The van der Waals surface area contributed by atoms with Crippen molar-refractivity contribution in [3.8, 4) is 0 Å².